The average Bonchev–Trinajstić information content (AvgIpc) is 2.47. The van der Waals surface area contributed by atoms with Crippen LogP contribution >= 0.6 is 0 Å². The number of carbonyl (C=O) groups excluding carboxylic acids is 1. The Bertz CT molecular complexity index is 555. The van der Waals surface area contributed by atoms with E-state index >= 15 is 0 Å². The number of hydrogen-bond acceptors (Lipinski definition) is 3. The van der Waals surface area contributed by atoms with Crippen LogP contribution in [0.1, 0.15) is 11.1 Å². The second-order valence-corrected chi connectivity index (χ2v) is 4.52. The van der Waals surface area contributed by atoms with E-state index < -0.39 is 0 Å². The lowest BCUT2D eigenvalue weighted by molar-refractivity contribution is -0.119. The van der Waals surface area contributed by atoms with Crippen molar-refractivity contribution in [2.24, 2.45) is 0 Å². The van der Waals surface area contributed by atoms with Crippen LogP contribution in [0.2, 0.25) is 0 Å². The fourth-order valence-corrected chi connectivity index (χ4v) is 1.94. The van der Waals surface area contributed by atoms with Crippen molar-refractivity contribution in [1.29, 1.82) is 0 Å². The van der Waals surface area contributed by atoms with Crippen LogP contribution in [0.25, 0.3) is 0 Å². The van der Waals surface area contributed by atoms with Gasteiger partial charge in [-0.05, 0) is 36.1 Å². The summed E-state index contributed by atoms with van der Waals surface area (Å²) >= 11 is 0. The minimum absolute atomic E-state index is 0.0376. The Balaban J connectivity index is 1.94. The van der Waals surface area contributed by atoms with E-state index in [-0.39, 0.29) is 12.5 Å². The molecule has 0 aliphatic carbocycles. The Hall–Kier alpha value is -2.20. The van der Waals surface area contributed by atoms with Gasteiger partial charge in [0.25, 0.3) is 5.91 Å². The van der Waals surface area contributed by atoms with Crippen molar-refractivity contribution in [2.45, 2.75) is 12.8 Å². The Morgan fingerprint density at radius 2 is 1.90 bits per heavy atom. The third kappa shape index (κ3) is 4.48. The van der Waals surface area contributed by atoms with Gasteiger partial charge in [0.05, 0.1) is 0 Å². The van der Waals surface area contributed by atoms with Gasteiger partial charge in [-0.25, -0.2) is 4.98 Å². The zero-order valence-electron chi connectivity index (χ0n) is 11.5. The van der Waals surface area contributed by atoms with Gasteiger partial charge in [-0.1, -0.05) is 30.3 Å². The zero-order chi connectivity index (χ0) is 14.2. The number of carbonyl (C=O) groups is 1. The van der Waals surface area contributed by atoms with Crippen molar-refractivity contribution in [1.82, 2.24) is 4.98 Å². The van der Waals surface area contributed by atoms with Gasteiger partial charge in [0.15, 0.2) is 0 Å². The normalized spacial score (nSPS) is 10.2. The molecule has 1 aromatic heterocycles. The molecule has 4 heteroatoms. The summed E-state index contributed by atoms with van der Waals surface area (Å²) in [5, 5.41) is 2.71. The average molecular weight is 270 g/mol. The van der Waals surface area contributed by atoms with E-state index in [4.69, 9.17) is 4.74 Å². The summed E-state index contributed by atoms with van der Waals surface area (Å²) in [6, 6.07) is 14.2. The lowest BCUT2D eigenvalue weighted by atomic mass is 10.1. The molecule has 0 radical (unpaired) electrons. The van der Waals surface area contributed by atoms with Crippen LogP contribution in [0.3, 0.4) is 0 Å². The van der Waals surface area contributed by atoms with E-state index in [0.29, 0.717) is 5.82 Å². The van der Waals surface area contributed by atoms with Crippen LogP contribution in [0, 0.1) is 0 Å². The number of aryl methyl sites for hydroxylation is 2. The van der Waals surface area contributed by atoms with Gasteiger partial charge in [-0.3, -0.25) is 4.79 Å². The number of amides is 1. The molecule has 0 unspecified atom stereocenters. The van der Waals surface area contributed by atoms with E-state index in [0.717, 1.165) is 18.4 Å². The molecule has 0 aliphatic rings. The molecule has 2 rings (SSSR count). The summed E-state index contributed by atoms with van der Waals surface area (Å²) in [4.78, 5) is 15.6. The molecule has 0 saturated heterocycles. The molecule has 20 heavy (non-hydrogen) atoms. The number of anilines is 1. The third-order valence-electron chi connectivity index (χ3n) is 2.91. The van der Waals surface area contributed by atoms with E-state index in [9.17, 15) is 4.79 Å². The Morgan fingerprint density at radius 3 is 2.65 bits per heavy atom. The second kappa shape index (κ2) is 7.40. The fraction of sp³-hybridized carbons (Fsp3) is 0.250. The molecule has 0 bridgehead atoms. The maximum absolute atomic E-state index is 11.4. The van der Waals surface area contributed by atoms with Crippen LogP contribution < -0.4 is 5.32 Å². The monoisotopic (exact) mass is 270 g/mol. The lowest BCUT2D eigenvalue weighted by Gasteiger charge is -2.06. The SMILES string of the molecule is COCC(=O)Nc1cc(CCc2ccccc2)ccn1. The number of nitrogens with zero attached hydrogens (tertiary/aromatic N) is 1. The van der Waals surface area contributed by atoms with Crippen molar-refractivity contribution < 1.29 is 9.53 Å². The Kier molecular flexibility index (Phi) is 5.26. The van der Waals surface area contributed by atoms with Gasteiger partial charge in [0, 0.05) is 13.3 Å². The first-order valence-corrected chi connectivity index (χ1v) is 6.55. The largest absolute Gasteiger partial charge is 0.375 e. The summed E-state index contributed by atoms with van der Waals surface area (Å²) in [6.45, 7) is 0.0376. The third-order valence-corrected chi connectivity index (χ3v) is 2.91. The molecule has 104 valence electrons. The van der Waals surface area contributed by atoms with Crippen molar-refractivity contribution in [2.75, 3.05) is 19.0 Å². The van der Waals surface area contributed by atoms with Crippen molar-refractivity contribution in [3.63, 3.8) is 0 Å². The van der Waals surface area contributed by atoms with Crippen LogP contribution in [0.4, 0.5) is 5.82 Å². The molecule has 0 atom stereocenters. The van der Waals surface area contributed by atoms with Gasteiger partial charge in [-0.15, -0.1) is 0 Å². The highest BCUT2D eigenvalue weighted by Gasteiger charge is 2.03. The van der Waals surface area contributed by atoms with Gasteiger partial charge in [0.2, 0.25) is 0 Å². The number of nitrogens with one attached hydrogen (secondary N) is 1. The number of pyridine rings is 1. The fourth-order valence-electron chi connectivity index (χ4n) is 1.94. The van der Waals surface area contributed by atoms with Gasteiger partial charge in [-0.2, -0.15) is 0 Å². The molecule has 0 saturated carbocycles. The molecular weight excluding hydrogens is 252 g/mol. The predicted molar refractivity (Wildman–Crippen MR) is 78.6 cm³/mol. The highest BCUT2D eigenvalue weighted by Crippen LogP contribution is 2.10. The maximum atomic E-state index is 11.4. The molecule has 0 fully saturated rings. The van der Waals surface area contributed by atoms with Gasteiger partial charge < -0.3 is 10.1 Å². The highest BCUT2D eigenvalue weighted by atomic mass is 16.5. The summed E-state index contributed by atoms with van der Waals surface area (Å²) in [5.41, 5.74) is 2.45. The second-order valence-electron chi connectivity index (χ2n) is 4.52. The van der Waals surface area contributed by atoms with E-state index in [2.05, 4.69) is 22.4 Å². The Morgan fingerprint density at radius 1 is 1.15 bits per heavy atom. The van der Waals surface area contributed by atoms with Crippen LogP contribution in [-0.4, -0.2) is 24.6 Å². The molecule has 0 spiro atoms. The summed E-state index contributed by atoms with van der Waals surface area (Å²) in [7, 11) is 1.49. The molecule has 1 aromatic carbocycles. The van der Waals surface area contributed by atoms with Gasteiger partial charge in [0.1, 0.15) is 12.4 Å². The van der Waals surface area contributed by atoms with E-state index in [1.165, 1.54) is 12.7 Å². The molecule has 1 amide bonds. The molecule has 4 nitrogen and oxygen atoms in total. The van der Waals surface area contributed by atoms with E-state index in [1.807, 2.05) is 30.3 Å². The number of ether oxygens (including phenoxy) is 1. The first kappa shape index (κ1) is 14.2. The van der Waals surface area contributed by atoms with E-state index in [1.54, 1.807) is 6.20 Å². The number of methoxy groups -OCH3 is 1. The first-order chi connectivity index (χ1) is 9.78. The first-order valence-electron chi connectivity index (χ1n) is 6.55. The quantitative estimate of drug-likeness (QED) is 0.877. The number of hydrogen-bond donors (Lipinski definition) is 1. The van der Waals surface area contributed by atoms with Crippen molar-refractivity contribution >= 4 is 11.7 Å². The zero-order valence-corrected chi connectivity index (χ0v) is 11.5. The topological polar surface area (TPSA) is 51.2 Å². The van der Waals surface area contributed by atoms with Crippen LogP contribution in [-0.2, 0) is 22.4 Å². The van der Waals surface area contributed by atoms with Gasteiger partial charge >= 0.3 is 0 Å². The smallest absolute Gasteiger partial charge is 0.251 e. The number of aromatic nitrogens is 1. The molecule has 1 heterocycles. The van der Waals surface area contributed by atoms with Crippen LogP contribution in [0.5, 0.6) is 0 Å². The molecule has 2 aromatic rings. The number of rotatable bonds is 6. The minimum atomic E-state index is -0.194. The molecular formula is C16H18N2O2. The summed E-state index contributed by atoms with van der Waals surface area (Å²) in [6.07, 6.45) is 3.60. The Labute approximate surface area is 118 Å². The standard InChI is InChI=1S/C16H18N2O2/c1-20-12-16(19)18-15-11-14(9-10-17-15)8-7-13-5-3-2-4-6-13/h2-6,9-11H,7-8,12H2,1H3,(H,17,18,19). The van der Waals surface area contributed by atoms with Crippen molar-refractivity contribution in [3.8, 4) is 0 Å². The van der Waals surface area contributed by atoms with Crippen molar-refractivity contribution in [3.05, 3.63) is 59.8 Å². The molecule has 1 N–H and O–H groups in total. The predicted octanol–water partition coefficient (Wildman–Crippen LogP) is 2.45. The minimum Gasteiger partial charge on any atom is -0.375 e. The lowest BCUT2D eigenvalue weighted by Crippen LogP contribution is -2.17. The highest BCUT2D eigenvalue weighted by molar-refractivity contribution is 5.90. The number of benzene rings is 1. The summed E-state index contributed by atoms with van der Waals surface area (Å²) < 4.78 is 4.77. The maximum Gasteiger partial charge on any atom is 0.251 e. The van der Waals surface area contributed by atoms with Crippen LogP contribution in [0.15, 0.2) is 48.7 Å². The summed E-state index contributed by atoms with van der Waals surface area (Å²) in [5.74, 6) is 0.373. The molecule has 0 aliphatic heterocycles.